The van der Waals surface area contributed by atoms with Crippen LogP contribution >= 0.6 is 0 Å². The van der Waals surface area contributed by atoms with Crippen molar-refractivity contribution in [2.45, 2.75) is 12.8 Å². The van der Waals surface area contributed by atoms with Crippen LogP contribution in [-0.2, 0) is 9.22 Å². The molecular formula is C7H9O2Si. The lowest BCUT2D eigenvalue weighted by Gasteiger charge is -1.71. The first-order valence-corrected chi connectivity index (χ1v) is 3.34. The predicted octanol–water partition coefficient (Wildman–Crippen LogP) is 1.14. The van der Waals surface area contributed by atoms with Gasteiger partial charge in [-0.3, -0.25) is 4.79 Å². The van der Waals surface area contributed by atoms with Crippen molar-refractivity contribution in [3.8, 4) is 0 Å². The van der Waals surface area contributed by atoms with Gasteiger partial charge in [-0.1, -0.05) is 12.7 Å². The molecular weight excluding hydrogens is 144 g/mol. The van der Waals surface area contributed by atoms with Gasteiger partial charge in [0.05, 0.1) is 6.26 Å². The average molecular weight is 153 g/mol. The van der Waals surface area contributed by atoms with Gasteiger partial charge in [0.25, 0.3) is 0 Å². The summed E-state index contributed by atoms with van der Waals surface area (Å²) in [5.41, 5.74) is 0. The molecule has 0 amide bonds. The van der Waals surface area contributed by atoms with Crippen molar-refractivity contribution in [2.24, 2.45) is 0 Å². The Kier molecular flexibility index (Phi) is 5.77. The van der Waals surface area contributed by atoms with E-state index in [-0.39, 0.29) is 5.78 Å². The van der Waals surface area contributed by atoms with E-state index >= 15 is 0 Å². The number of rotatable bonds is 1. The Labute approximate surface area is 64.1 Å². The van der Waals surface area contributed by atoms with Gasteiger partial charge < -0.3 is 4.43 Å². The minimum atomic E-state index is 0.273. The van der Waals surface area contributed by atoms with Gasteiger partial charge in [-0.2, -0.15) is 0 Å². The second kappa shape index (κ2) is 6.29. The molecule has 0 unspecified atom stereocenters. The Morgan fingerprint density at radius 1 is 1.80 bits per heavy atom. The zero-order valence-corrected chi connectivity index (χ0v) is 6.67. The Morgan fingerprint density at radius 2 is 2.40 bits per heavy atom. The molecule has 0 N–H and O–H groups in total. The van der Waals surface area contributed by atoms with Crippen LogP contribution in [0.5, 0.6) is 0 Å². The van der Waals surface area contributed by atoms with Crippen molar-refractivity contribution >= 4 is 16.3 Å². The molecule has 3 heteroatoms. The molecule has 1 aliphatic rings. The molecule has 0 heterocycles. The van der Waals surface area contributed by atoms with Crippen LogP contribution in [0.2, 0.25) is 0 Å². The number of allylic oxidation sites excluding steroid dienone is 2. The van der Waals surface area contributed by atoms with Gasteiger partial charge >= 0.3 is 10.5 Å². The molecule has 3 radical (unpaired) electrons. The first-order chi connectivity index (χ1) is 4.81. The third-order valence-electron chi connectivity index (χ3n) is 0.944. The van der Waals surface area contributed by atoms with Gasteiger partial charge in [0, 0.05) is 6.42 Å². The zero-order chi connectivity index (χ0) is 7.82. The Bertz CT molecular complexity index is 141. The van der Waals surface area contributed by atoms with Gasteiger partial charge in [0.2, 0.25) is 0 Å². The summed E-state index contributed by atoms with van der Waals surface area (Å²) in [4.78, 5) is 10.2. The van der Waals surface area contributed by atoms with Crippen LogP contribution < -0.4 is 0 Å². The molecule has 0 fully saturated rings. The molecule has 0 saturated heterocycles. The molecule has 0 saturated carbocycles. The molecule has 1 aliphatic carbocycles. The summed E-state index contributed by atoms with van der Waals surface area (Å²) >= 11 is 0. The van der Waals surface area contributed by atoms with Crippen molar-refractivity contribution in [3.63, 3.8) is 0 Å². The summed E-state index contributed by atoms with van der Waals surface area (Å²) in [5, 5.41) is 0. The molecule has 10 heavy (non-hydrogen) atoms. The maximum Gasteiger partial charge on any atom is 0.340 e. The van der Waals surface area contributed by atoms with Crippen LogP contribution in [-0.4, -0.2) is 16.3 Å². The van der Waals surface area contributed by atoms with E-state index in [1.54, 1.807) is 6.08 Å². The van der Waals surface area contributed by atoms with Gasteiger partial charge in [0.1, 0.15) is 0 Å². The fourth-order valence-corrected chi connectivity index (χ4v) is 0.524. The van der Waals surface area contributed by atoms with Crippen molar-refractivity contribution in [1.29, 1.82) is 0 Å². The largest absolute Gasteiger partial charge is 0.546 e. The summed E-state index contributed by atoms with van der Waals surface area (Å²) in [5.74, 6) is 0.273. The first kappa shape index (κ1) is 9.17. The molecule has 0 aromatic carbocycles. The third kappa shape index (κ3) is 5.31. The predicted molar refractivity (Wildman–Crippen MR) is 40.4 cm³/mol. The number of carbonyl (C=O) groups is 1. The first-order valence-electron chi connectivity index (χ1n) is 2.94. The Hall–Kier alpha value is -0.833. The lowest BCUT2D eigenvalue weighted by Crippen LogP contribution is -1.80. The van der Waals surface area contributed by atoms with Crippen LogP contribution in [0.25, 0.3) is 0 Å². The summed E-state index contributed by atoms with van der Waals surface area (Å²) in [6.07, 6.45) is 6.53. The molecule has 0 spiro atoms. The highest BCUT2D eigenvalue weighted by molar-refractivity contribution is 5.98. The molecule has 0 bridgehead atoms. The second-order valence-electron chi connectivity index (χ2n) is 1.69. The quantitative estimate of drug-likeness (QED) is 0.417. The number of carbonyl (C=O) groups excluding carboxylic acids is 1. The van der Waals surface area contributed by atoms with E-state index in [9.17, 15) is 4.79 Å². The number of hydrogen-bond donors (Lipinski definition) is 0. The number of ketones is 1. The van der Waals surface area contributed by atoms with E-state index in [1.165, 1.54) is 6.26 Å². The van der Waals surface area contributed by atoms with Crippen molar-refractivity contribution in [3.05, 3.63) is 25.0 Å². The van der Waals surface area contributed by atoms with Crippen LogP contribution in [0.1, 0.15) is 12.8 Å². The zero-order valence-electron chi connectivity index (χ0n) is 5.67. The van der Waals surface area contributed by atoms with Crippen LogP contribution in [0.4, 0.5) is 0 Å². The lowest BCUT2D eigenvalue weighted by atomic mass is 10.3. The minimum absolute atomic E-state index is 0.273. The summed E-state index contributed by atoms with van der Waals surface area (Å²) in [7, 11) is 2.67. The summed E-state index contributed by atoms with van der Waals surface area (Å²) in [6.45, 7) is 3.21. The van der Waals surface area contributed by atoms with Crippen LogP contribution in [0, 0.1) is 0 Å². The van der Waals surface area contributed by atoms with E-state index in [4.69, 9.17) is 0 Å². The van der Waals surface area contributed by atoms with Crippen LogP contribution in [0.15, 0.2) is 25.0 Å². The van der Waals surface area contributed by atoms with E-state index < -0.39 is 0 Å². The molecule has 53 valence electrons. The van der Waals surface area contributed by atoms with Gasteiger partial charge in [0.15, 0.2) is 5.78 Å². The maximum atomic E-state index is 10.2. The topological polar surface area (TPSA) is 26.3 Å². The molecule has 2 nitrogen and oxygen atoms in total. The summed E-state index contributed by atoms with van der Waals surface area (Å²) in [6, 6.07) is 0. The van der Waals surface area contributed by atoms with Crippen molar-refractivity contribution in [2.75, 3.05) is 0 Å². The highest BCUT2D eigenvalue weighted by Crippen LogP contribution is 2.01. The normalized spacial score (nSPS) is 13.9. The molecule has 0 atom stereocenters. The fraction of sp³-hybridized carbons (Fsp3) is 0.286. The average Bonchev–Trinajstić information content (AvgIpc) is 2.40. The van der Waals surface area contributed by atoms with E-state index in [1.807, 2.05) is 6.08 Å². The minimum Gasteiger partial charge on any atom is -0.546 e. The fourth-order valence-electron chi connectivity index (χ4n) is 0.524. The Balaban J connectivity index is 0.000000180. The monoisotopic (exact) mass is 153 g/mol. The molecule has 0 aromatic heterocycles. The highest BCUT2D eigenvalue weighted by atomic mass is 28.2. The van der Waals surface area contributed by atoms with Crippen molar-refractivity contribution < 1.29 is 9.22 Å². The molecule has 1 rings (SSSR count). The smallest absolute Gasteiger partial charge is 0.340 e. The van der Waals surface area contributed by atoms with Gasteiger partial charge in [-0.25, -0.2) is 0 Å². The molecule has 0 aromatic rings. The standard InChI is InChI=1S/C5H6O.C2H3OSi/c6-5-3-1-2-4-5;1-2-3-4/h1,3H,2,4H2;2H,1H2. The second-order valence-corrected chi connectivity index (χ2v) is 1.93. The highest BCUT2D eigenvalue weighted by Gasteiger charge is 1.98. The van der Waals surface area contributed by atoms with Gasteiger partial charge in [-0.15, -0.1) is 0 Å². The molecule has 0 aliphatic heterocycles. The van der Waals surface area contributed by atoms with Crippen LogP contribution in [0.3, 0.4) is 0 Å². The lowest BCUT2D eigenvalue weighted by molar-refractivity contribution is -0.114. The van der Waals surface area contributed by atoms with E-state index in [0.717, 1.165) is 12.8 Å². The van der Waals surface area contributed by atoms with Gasteiger partial charge in [-0.05, 0) is 12.5 Å². The summed E-state index contributed by atoms with van der Waals surface area (Å²) < 4.78 is 4.11. The third-order valence-corrected chi connectivity index (χ3v) is 1.11. The SMILES string of the molecule is C=CO[Si].O=C1C=CCC1. The number of hydrogen-bond acceptors (Lipinski definition) is 2. The van der Waals surface area contributed by atoms with Crippen molar-refractivity contribution in [1.82, 2.24) is 0 Å². The van der Waals surface area contributed by atoms with E-state index in [2.05, 4.69) is 21.5 Å². The van der Waals surface area contributed by atoms with E-state index in [0.29, 0.717) is 0 Å². The Morgan fingerprint density at radius 3 is 2.50 bits per heavy atom. The maximum absolute atomic E-state index is 10.2.